The molecular weight excluding hydrogens is 385 g/mol. The molecular formula is C14H21ClN5O3PS. The number of anilines is 1. The lowest BCUT2D eigenvalue weighted by Crippen LogP contribution is -2.17. The number of hydrogen-bond acceptors (Lipinski definition) is 8. The smallest absolute Gasteiger partial charge is 0.223 e. The molecule has 25 heavy (non-hydrogen) atoms. The molecule has 0 bridgehead atoms. The predicted octanol–water partition coefficient (Wildman–Crippen LogP) is 3.37. The highest BCUT2D eigenvalue weighted by atomic mass is 35.5. The van der Waals surface area contributed by atoms with Crippen LogP contribution in [0.2, 0.25) is 5.15 Å². The van der Waals surface area contributed by atoms with E-state index < -0.39 is 7.37 Å². The second-order valence-electron chi connectivity index (χ2n) is 5.94. The summed E-state index contributed by atoms with van der Waals surface area (Å²) in [5.41, 5.74) is 6.67. The van der Waals surface area contributed by atoms with Crippen molar-refractivity contribution in [1.29, 1.82) is 0 Å². The molecule has 11 heteroatoms. The van der Waals surface area contributed by atoms with Crippen LogP contribution in [-0.2, 0) is 13.8 Å². The summed E-state index contributed by atoms with van der Waals surface area (Å²) in [6, 6.07) is 0. The molecule has 1 saturated heterocycles. The Hall–Kier alpha value is -0.860. The average molecular weight is 406 g/mol. The number of nitrogens with zero attached hydrogens (tertiary/aromatic N) is 4. The van der Waals surface area contributed by atoms with Crippen molar-refractivity contribution in [2.75, 3.05) is 25.2 Å². The van der Waals surface area contributed by atoms with Gasteiger partial charge in [0.05, 0.1) is 12.9 Å². The van der Waals surface area contributed by atoms with E-state index in [4.69, 9.17) is 26.6 Å². The number of thioether (sulfide) groups is 1. The van der Waals surface area contributed by atoms with Crippen LogP contribution in [0, 0.1) is 0 Å². The van der Waals surface area contributed by atoms with Gasteiger partial charge in [0.15, 0.2) is 18.2 Å². The predicted molar refractivity (Wildman–Crippen MR) is 100 cm³/mol. The number of halogens is 1. The second-order valence-corrected chi connectivity index (χ2v) is 10.6. The minimum atomic E-state index is -2.56. The van der Waals surface area contributed by atoms with E-state index in [0.717, 1.165) is 0 Å². The molecule has 0 spiro atoms. The van der Waals surface area contributed by atoms with E-state index in [0.29, 0.717) is 30.4 Å². The highest BCUT2D eigenvalue weighted by Gasteiger charge is 2.36. The maximum Gasteiger partial charge on any atom is 0.223 e. The Morgan fingerprint density at radius 3 is 3.00 bits per heavy atom. The Kier molecular flexibility index (Phi) is 5.60. The van der Waals surface area contributed by atoms with Gasteiger partial charge in [-0.15, -0.1) is 11.8 Å². The molecule has 0 saturated carbocycles. The van der Waals surface area contributed by atoms with Gasteiger partial charge in [-0.2, -0.15) is 9.97 Å². The monoisotopic (exact) mass is 405 g/mol. The Morgan fingerprint density at radius 2 is 2.28 bits per heavy atom. The molecule has 0 aromatic carbocycles. The molecule has 1 aliphatic heterocycles. The average Bonchev–Trinajstić information content (AvgIpc) is 3.08. The summed E-state index contributed by atoms with van der Waals surface area (Å²) < 4.78 is 25.6. The molecule has 2 aromatic heterocycles. The molecule has 1 aliphatic rings. The van der Waals surface area contributed by atoms with Gasteiger partial charge in [0.1, 0.15) is 17.2 Å². The van der Waals surface area contributed by atoms with Crippen LogP contribution in [0.25, 0.3) is 11.2 Å². The number of fused-ring (bicyclic) bond motifs is 1. The number of imidazole rings is 1. The normalized spacial score (nSPS) is 26.2. The number of hydrogen-bond donors (Lipinski definition) is 1. The number of aromatic nitrogens is 4. The van der Waals surface area contributed by atoms with E-state index in [1.165, 1.54) is 0 Å². The third-order valence-electron chi connectivity index (χ3n) is 3.90. The zero-order valence-electron chi connectivity index (χ0n) is 14.3. The summed E-state index contributed by atoms with van der Waals surface area (Å²) in [6.07, 6.45) is 2.53. The molecule has 2 aromatic rings. The third kappa shape index (κ3) is 4.11. The van der Waals surface area contributed by atoms with Crippen molar-refractivity contribution in [3.8, 4) is 0 Å². The number of ether oxygens (including phenoxy) is 1. The van der Waals surface area contributed by atoms with Crippen LogP contribution in [-0.4, -0.2) is 49.6 Å². The molecule has 2 N–H and O–H groups in total. The van der Waals surface area contributed by atoms with E-state index >= 15 is 0 Å². The van der Waals surface area contributed by atoms with Crippen molar-refractivity contribution in [3.63, 3.8) is 0 Å². The zero-order valence-corrected chi connectivity index (χ0v) is 16.7. The highest BCUT2D eigenvalue weighted by molar-refractivity contribution is 8.00. The van der Waals surface area contributed by atoms with Gasteiger partial charge in [0.2, 0.25) is 5.95 Å². The van der Waals surface area contributed by atoms with Gasteiger partial charge in [-0.3, -0.25) is 9.13 Å². The molecule has 0 amide bonds. The third-order valence-corrected chi connectivity index (χ3v) is 7.35. The molecule has 0 aliphatic carbocycles. The van der Waals surface area contributed by atoms with Gasteiger partial charge in [-0.25, -0.2) is 4.98 Å². The quantitative estimate of drug-likeness (QED) is 0.576. The Morgan fingerprint density at radius 1 is 1.52 bits per heavy atom. The van der Waals surface area contributed by atoms with Gasteiger partial charge in [0, 0.05) is 18.1 Å². The van der Waals surface area contributed by atoms with Gasteiger partial charge >= 0.3 is 0 Å². The van der Waals surface area contributed by atoms with Crippen LogP contribution >= 0.6 is 30.7 Å². The Balaban J connectivity index is 1.75. The Labute approximate surface area is 155 Å². The van der Waals surface area contributed by atoms with Crippen molar-refractivity contribution >= 4 is 47.8 Å². The summed E-state index contributed by atoms with van der Waals surface area (Å²) in [5.74, 6) is 0.0951. The van der Waals surface area contributed by atoms with Gasteiger partial charge < -0.3 is 15.0 Å². The molecule has 1 unspecified atom stereocenters. The second kappa shape index (κ2) is 7.40. The maximum absolute atomic E-state index is 12.3. The molecule has 3 heterocycles. The SMILES string of the molecule is CCOP(C)(=O)CC[C@H]1O[C@@H](n2cnc3c(Cl)nc(N)nc32)[C@@H](C)S1. The topological polar surface area (TPSA) is 105 Å². The summed E-state index contributed by atoms with van der Waals surface area (Å²) in [7, 11) is -2.56. The summed E-state index contributed by atoms with van der Waals surface area (Å²) in [5, 5.41) is 0.389. The molecule has 4 atom stereocenters. The standard InChI is InChI=1S/C14H21ClN5O3PS/c1-4-22-24(3,21)6-5-9-23-13(8(2)25-9)20-7-17-10-11(15)18-14(16)19-12(10)20/h7-9,13H,4-6H2,1-3H3,(H2,16,18,19)/t8-,9+,13-,24?/m1/s1. The lowest BCUT2D eigenvalue weighted by atomic mass is 10.4. The van der Waals surface area contributed by atoms with Crippen LogP contribution in [0.4, 0.5) is 5.95 Å². The van der Waals surface area contributed by atoms with Crippen molar-refractivity contribution in [2.45, 2.75) is 37.2 Å². The summed E-state index contributed by atoms with van der Waals surface area (Å²) >= 11 is 7.77. The molecule has 1 fully saturated rings. The number of rotatable bonds is 6. The van der Waals surface area contributed by atoms with Crippen molar-refractivity contribution < 1.29 is 13.8 Å². The van der Waals surface area contributed by atoms with Crippen LogP contribution < -0.4 is 5.73 Å². The fourth-order valence-electron chi connectivity index (χ4n) is 2.79. The molecule has 3 rings (SSSR count). The lowest BCUT2D eigenvalue weighted by Gasteiger charge is -2.17. The van der Waals surface area contributed by atoms with Crippen LogP contribution in [0.5, 0.6) is 0 Å². The Bertz CT molecular complexity index is 819. The van der Waals surface area contributed by atoms with E-state index in [2.05, 4.69) is 21.9 Å². The van der Waals surface area contributed by atoms with Crippen molar-refractivity contribution in [2.24, 2.45) is 0 Å². The minimum Gasteiger partial charge on any atom is -0.368 e. The summed E-state index contributed by atoms with van der Waals surface area (Å²) in [6.45, 7) is 6.04. The number of nitrogen functional groups attached to an aromatic ring is 1. The summed E-state index contributed by atoms with van der Waals surface area (Å²) in [4.78, 5) is 12.4. The van der Waals surface area contributed by atoms with Crippen LogP contribution in [0.3, 0.4) is 0 Å². The minimum absolute atomic E-state index is 0.0687. The molecule has 138 valence electrons. The van der Waals surface area contributed by atoms with E-state index in [-0.39, 0.29) is 28.0 Å². The van der Waals surface area contributed by atoms with Gasteiger partial charge in [-0.1, -0.05) is 11.6 Å². The largest absolute Gasteiger partial charge is 0.368 e. The molecule has 0 radical (unpaired) electrons. The van der Waals surface area contributed by atoms with E-state index in [1.54, 1.807) is 24.8 Å². The highest BCUT2D eigenvalue weighted by Crippen LogP contribution is 2.47. The van der Waals surface area contributed by atoms with Gasteiger partial charge in [0.25, 0.3) is 0 Å². The van der Waals surface area contributed by atoms with E-state index in [1.807, 2.05) is 11.5 Å². The number of nitrogens with two attached hydrogens (primary N) is 1. The fraction of sp³-hybridized carbons (Fsp3) is 0.643. The van der Waals surface area contributed by atoms with E-state index in [9.17, 15) is 4.57 Å². The van der Waals surface area contributed by atoms with Crippen molar-refractivity contribution in [3.05, 3.63) is 11.5 Å². The molecule has 8 nitrogen and oxygen atoms in total. The van der Waals surface area contributed by atoms with Crippen molar-refractivity contribution in [1.82, 2.24) is 19.5 Å². The van der Waals surface area contributed by atoms with Crippen LogP contribution in [0.1, 0.15) is 26.5 Å². The first kappa shape index (κ1) is 18.9. The van der Waals surface area contributed by atoms with Crippen LogP contribution in [0.15, 0.2) is 6.33 Å². The fourth-order valence-corrected chi connectivity index (χ4v) is 5.81. The van der Waals surface area contributed by atoms with Gasteiger partial charge in [-0.05, 0) is 20.3 Å². The zero-order chi connectivity index (χ0) is 18.2. The maximum atomic E-state index is 12.3. The first-order chi connectivity index (χ1) is 11.8. The lowest BCUT2D eigenvalue weighted by molar-refractivity contribution is 0.00788. The first-order valence-corrected chi connectivity index (χ1v) is 11.6. The first-order valence-electron chi connectivity index (χ1n) is 7.98.